The summed E-state index contributed by atoms with van der Waals surface area (Å²) in [6, 6.07) is 6.23. The number of tetrazole rings is 1. The lowest BCUT2D eigenvalue weighted by Gasteiger charge is -2.24. The zero-order valence-corrected chi connectivity index (χ0v) is 21.2. The molecule has 2 aromatic heterocycles. The number of carboxylic acid groups (broad SMARTS) is 1. The molecule has 0 saturated heterocycles. The third kappa shape index (κ3) is 6.24. The number of nitrogens with one attached hydrogen (secondary N) is 3. The second kappa shape index (κ2) is 11.5. The molecule has 13 heteroatoms. The highest BCUT2D eigenvalue weighted by Gasteiger charge is 2.23. The number of benzene rings is 2. The quantitative estimate of drug-likeness (QED) is 0.222. The Labute approximate surface area is 221 Å². The molecule has 4 N–H and O–H groups in total. The molecule has 1 atom stereocenters. The van der Waals surface area contributed by atoms with Gasteiger partial charge in [0, 0.05) is 18.7 Å². The first kappa shape index (κ1) is 26.9. The molecule has 12 nitrogen and oxygen atoms in total. The highest BCUT2D eigenvalue weighted by Crippen LogP contribution is 2.24. The molecule has 2 aromatic carbocycles. The minimum absolute atomic E-state index is 0.00334. The van der Waals surface area contributed by atoms with Gasteiger partial charge in [-0.05, 0) is 72.2 Å². The number of carbonyl (C=O) groups is 2. The number of carbonyl (C=O) groups excluding carboxylic acids is 1. The lowest BCUT2D eigenvalue weighted by Crippen LogP contribution is -2.41. The van der Waals surface area contributed by atoms with Crippen molar-refractivity contribution in [2.75, 3.05) is 11.4 Å². The lowest BCUT2D eigenvalue weighted by molar-refractivity contribution is -0.139. The summed E-state index contributed by atoms with van der Waals surface area (Å²) >= 11 is 0. The monoisotopic (exact) mass is 532 g/mol. The number of carboxylic acids is 1. The fourth-order valence-electron chi connectivity index (χ4n) is 4.12. The topological polar surface area (TPSA) is 170 Å². The van der Waals surface area contributed by atoms with Crippen LogP contribution in [0.25, 0.3) is 10.9 Å². The van der Waals surface area contributed by atoms with Crippen molar-refractivity contribution in [3.63, 3.8) is 0 Å². The molecule has 1 amide bonds. The number of fused-ring (bicyclic) bond motifs is 1. The van der Waals surface area contributed by atoms with E-state index in [0.29, 0.717) is 28.2 Å². The van der Waals surface area contributed by atoms with Crippen LogP contribution in [0.15, 0.2) is 35.1 Å². The van der Waals surface area contributed by atoms with Gasteiger partial charge in [0.2, 0.25) is 0 Å². The molecule has 1 unspecified atom stereocenters. The maximum atomic E-state index is 15.1. The number of aromatic amines is 2. The van der Waals surface area contributed by atoms with E-state index in [1.54, 1.807) is 17.9 Å². The molecular formula is C26H25FN8O4. The van der Waals surface area contributed by atoms with E-state index in [4.69, 9.17) is 6.42 Å². The molecule has 39 heavy (non-hydrogen) atoms. The molecule has 0 fully saturated rings. The van der Waals surface area contributed by atoms with Gasteiger partial charge in [0.1, 0.15) is 23.5 Å². The van der Waals surface area contributed by atoms with Crippen molar-refractivity contribution in [3.8, 4) is 12.3 Å². The molecule has 4 rings (SSSR count). The maximum Gasteiger partial charge on any atom is 0.326 e. The van der Waals surface area contributed by atoms with E-state index < -0.39 is 23.7 Å². The van der Waals surface area contributed by atoms with Crippen molar-refractivity contribution in [2.24, 2.45) is 0 Å². The standard InChI is InChI=1S/C26H25FN8O4/c1-4-9-35(13-16-11-19-22(10-14(16)2)28-15(3)29-25(19)37)17-5-6-18(20(27)12-17)24(36)30-21(26(38)39)7-8-23-31-33-34-32-23/h1,5-6,10-12,21H,7-9,13H2,2-3H3,(H,30,36)(H,38,39)(H,28,29,37)(H,31,32,33,34). The Bertz CT molecular complexity index is 1630. The van der Waals surface area contributed by atoms with Crippen LogP contribution in [-0.4, -0.2) is 60.2 Å². The van der Waals surface area contributed by atoms with Crippen LogP contribution >= 0.6 is 0 Å². The summed E-state index contributed by atoms with van der Waals surface area (Å²) < 4.78 is 15.1. The van der Waals surface area contributed by atoms with Crippen LogP contribution < -0.4 is 15.8 Å². The van der Waals surface area contributed by atoms with Gasteiger partial charge in [-0.2, -0.15) is 0 Å². The van der Waals surface area contributed by atoms with Gasteiger partial charge in [-0.1, -0.05) is 5.92 Å². The molecule has 0 aliphatic heterocycles. The Morgan fingerprint density at radius 2 is 2.05 bits per heavy atom. The van der Waals surface area contributed by atoms with E-state index in [-0.39, 0.29) is 37.1 Å². The number of amides is 1. The lowest BCUT2D eigenvalue weighted by atomic mass is 10.0. The number of aryl methyl sites for hydroxylation is 3. The number of rotatable bonds is 10. The van der Waals surface area contributed by atoms with Crippen molar-refractivity contribution < 1.29 is 19.1 Å². The van der Waals surface area contributed by atoms with E-state index in [1.165, 1.54) is 12.1 Å². The summed E-state index contributed by atoms with van der Waals surface area (Å²) in [5.41, 5.74) is 2.06. The molecule has 4 aromatic rings. The maximum absolute atomic E-state index is 15.1. The Morgan fingerprint density at radius 3 is 2.72 bits per heavy atom. The molecule has 0 saturated carbocycles. The van der Waals surface area contributed by atoms with Crippen molar-refractivity contribution in [1.82, 2.24) is 35.9 Å². The van der Waals surface area contributed by atoms with Crippen molar-refractivity contribution >= 4 is 28.5 Å². The number of aromatic nitrogens is 6. The normalized spacial score (nSPS) is 11.6. The summed E-state index contributed by atoms with van der Waals surface area (Å²) in [6.45, 7) is 3.98. The Hall–Kier alpha value is -5.12. The summed E-state index contributed by atoms with van der Waals surface area (Å²) in [6.07, 6.45) is 5.73. The zero-order chi connectivity index (χ0) is 28.1. The molecule has 0 radical (unpaired) electrons. The predicted octanol–water partition coefficient (Wildman–Crippen LogP) is 1.65. The molecule has 0 aliphatic rings. The van der Waals surface area contributed by atoms with Crippen LogP contribution in [0, 0.1) is 32.0 Å². The van der Waals surface area contributed by atoms with Crippen LogP contribution in [0.2, 0.25) is 0 Å². The van der Waals surface area contributed by atoms with Crippen LogP contribution in [0.3, 0.4) is 0 Å². The van der Waals surface area contributed by atoms with Gasteiger partial charge in [0.25, 0.3) is 11.5 Å². The highest BCUT2D eigenvalue weighted by atomic mass is 19.1. The average Bonchev–Trinajstić information content (AvgIpc) is 3.40. The third-order valence-corrected chi connectivity index (χ3v) is 6.15. The van der Waals surface area contributed by atoms with Crippen LogP contribution in [-0.2, 0) is 17.8 Å². The van der Waals surface area contributed by atoms with Crippen LogP contribution in [0.5, 0.6) is 0 Å². The SMILES string of the molecule is C#CCN(Cc1cc2c(=O)[nH]c(C)nc2cc1C)c1ccc(C(=O)NC(CCc2nnn[nH]2)C(=O)O)c(F)c1. The number of hydrogen-bond donors (Lipinski definition) is 4. The molecule has 0 aliphatic carbocycles. The number of halogens is 1. The van der Waals surface area contributed by atoms with Gasteiger partial charge < -0.3 is 20.3 Å². The number of hydrogen-bond acceptors (Lipinski definition) is 8. The summed E-state index contributed by atoms with van der Waals surface area (Å²) in [4.78, 5) is 45.6. The van der Waals surface area contributed by atoms with Crippen molar-refractivity contribution in [3.05, 3.63) is 74.8 Å². The highest BCUT2D eigenvalue weighted by molar-refractivity contribution is 5.97. The van der Waals surface area contributed by atoms with E-state index in [9.17, 15) is 19.5 Å². The molecular weight excluding hydrogens is 507 g/mol. The van der Waals surface area contributed by atoms with Crippen molar-refractivity contribution in [1.29, 1.82) is 0 Å². The fraction of sp³-hybridized carbons (Fsp3) is 0.269. The smallest absolute Gasteiger partial charge is 0.326 e. The first-order valence-corrected chi connectivity index (χ1v) is 11.9. The second-order valence-electron chi connectivity index (χ2n) is 8.92. The minimum Gasteiger partial charge on any atom is -0.480 e. The van der Waals surface area contributed by atoms with Gasteiger partial charge >= 0.3 is 5.97 Å². The van der Waals surface area contributed by atoms with Gasteiger partial charge in [-0.3, -0.25) is 9.59 Å². The number of H-pyrrole nitrogens is 2. The average molecular weight is 533 g/mol. The summed E-state index contributed by atoms with van der Waals surface area (Å²) in [7, 11) is 0. The van der Waals surface area contributed by atoms with E-state index in [1.807, 2.05) is 13.0 Å². The largest absolute Gasteiger partial charge is 0.480 e. The molecule has 0 bridgehead atoms. The van der Waals surface area contributed by atoms with E-state index >= 15 is 4.39 Å². The number of terminal acetylenes is 1. The Kier molecular flexibility index (Phi) is 7.95. The Morgan fingerprint density at radius 1 is 1.26 bits per heavy atom. The summed E-state index contributed by atoms with van der Waals surface area (Å²) in [5, 5.41) is 25.3. The fourth-order valence-corrected chi connectivity index (χ4v) is 4.12. The summed E-state index contributed by atoms with van der Waals surface area (Å²) in [5.74, 6) is 0.416. The third-order valence-electron chi connectivity index (χ3n) is 6.15. The second-order valence-corrected chi connectivity index (χ2v) is 8.92. The van der Waals surface area contributed by atoms with Gasteiger partial charge in [0.05, 0.1) is 23.0 Å². The predicted molar refractivity (Wildman–Crippen MR) is 140 cm³/mol. The van der Waals surface area contributed by atoms with Gasteiger partial charge in [0.15, 0.2) is 0 Å². The van der Waals surface area contributed by atoms with E-state index in [0.717, 1.165) is 17.2 Å². The molecule has 200 valence electrons. The first-order chi connectivity index (χ1) is 18.7. The van der Waals surface area contributed by atoms with Crippen molar-refractivity contribution in [2.45, 2.75) is 39.3 Å². The zero-order valence-electron chi connectivity index (χ0n) is 21.2. The van der Waals surface area contributed by atoms with Crippen LogP contribution in [0.1, 0.15) is 39.6 Å². The first-order valence-electron chi connectivity index (χ1n) is 11.9. The number of nitrogens with zero attached hydrogens (tertiary/aromatic N) is 5. The number of anilines is 1. The Balaban J connectivity index is 1.54. The number of aliphatic carboxylic acids is 1. The minimum atomic E-state index is -1.28. The van der Waals surface area contributed by atoms with Gasteiger partial charge in [-0.25, -0.2) is 19.3 Å². The molecule has 2 heterocycles. The van der Waals surface area contributed by atoms with Crippen LogP contribution in [0.4, 0.5) is 10.1 Å². The van der Waals surface area contributed by atoms with Gasteiger partial charge in [-0.15, -0.1) is 11.5 Å². The molecule has 0 spiro atoms. The van der Waals surface area contributed by atoms with E-state index in [2.05, 4.69) is 41.8 Å².